The van der Waals surface area contributed by atoms with Gasteiger partial charge in [-0.25, -0.2) is 14.8 Å². The summed E-state index contributed by atoms with van der Waals surface area (Å²) in [7, 11) is 1.28. The molecule has 0 N–H and O–H groups in total. The van der Waals surface area contributed by atoms with Gasteiger partial charge in [0.15, 0.2) is 6.10 Å². The van der Waals surface area contributed by atoms with Gasteiger partial charge in [-0.2, -0.15) is 0 Å². The third-order valence-electron chi connectivity index (χ3n) is 5.95. The number of esters is 1. The molecule has 0 spiro atoms. The summed E-state index contributed by atoms with van der Waals surface area (Å²) < 4.78 is 4.71. The number of carbonyl (C=O) groups excluding carboxylic acids is 3. The number of amides is 2. The van der Waals surface area contributed by atoms with Crippen molar-refractivity contribution in [2.75, 3.05) is 17.1 Å². The topological polar surface area (TPSA) is 76.2 Å². The molecule has 2 heterocycles. The molecule has 0 unspecified atom stereocenters. The Balaban J connectivity index is 1.55. The predicted molar refractivity (Wildman–Crippen MR) is 127 cm³/mol. The number of anilines is 2. The van der Waals surface area contributed by atoms with Crippen molar-refractivity contribution in [1.82, 2.24) is 0 Å². The van der Waals surface area contributed by atoms with Crippen molar-refractivity contribution < 1.29 is 24.0 Å². The smallest absolute Gasteiger partial charge is 0.337 e. The van der Waals surface area contributed by atoms with E-state index >= 15 is 0 Å². The Morgan fingerprint density at radius 3 is 2.26 bits per heavy atom. The second-order valence-corrected chi connectivity index (χ2v) is 8.72. The summed E-state index contributed by atoms with van der Waals surface area (Å²) in [6.07, 6.45) is -1.04. The number of imide groups is 1. The van der Waals surface area contributed by atoms with Crippen molar-refractivity contribution >= 4 is 52.4 Å². The minimum atomic E-state index is -1.04. The molecule has 2 saturated heterocycles. The number of halogens is 2. The summed E-state index contributed by atoms with van der Waals surface area (Å²) in [5.74, 6) is -2.27. The number of hydrogen-bond donors (Lipinski definition) is 0. The first-order valence-electron chi connectivity index (χ1n) is 10.4. The molecule has 172 valence electrons. The predicted octanol–water partition coefficient (Wildman–Crippen LogP) is 4.83. The normalized spacial score (nSPS) is 21.7. The van der Waals surface area contributed by atoms with Crippen LogP contribution in [0.1, 0.15) is 22.0 Å². The van der Waals surface area contributed by atoms with Gasteiger partial charge in [0.05, 0.1) is 30.1 Å². The summed E-state index contributed by atoms with van der Waals surface area (Å²) in [5, 5.41) is 2.39. The highest BCUT2D eigenvalue weighted by molar-refractivity contribution is 6.35. The molecular formula is C25H18Cl2N2O5. The number of hydroxylamine groups is 1. The number of methoxy groups -OCH3 is 1. The summed E-state index contributed by atoms with van der Waals surface area (Å²) in [4.78, 5) is 46.0. The highest BCUT2D eigenvalue weighted by atomic mass is 35.5. The Morgan fingerprint density at radius 2 is 1.62 bits per heavy atom. The highest BCUT2D eigenvalue weighted by Crippen LogP contribution is 2.49. The lowest BCUT2D eigenvalue weighted by Gasteiger charge is -2.29. The van der Waals surface area contributed by atoms with E-state index in [2.05, 4.69) is 0 Å². The second kappa shape index (κ2) is 8.76. The number of nitrogens with zero attached hydrogens (tertiary/aromatic N) is 2. The van der Waals surface area contributed by atoms with E-state index in [0.717, 1.165) is 4.90 Å². The Bertz CT molecular complexity index is 1280. The summed E-state index contributed by atoms with van der Waals surface area (Å²) >= 11 is 12.6. The Labute approximate surface area is 205 Å². The zero-order chi connectivity index (χ0) is 24.0. The molecule has 2 fully saturated rings. The molecule has 0 bridgehead atoms. The van der Waals surface area contributed by atoms with Gasteiger partial charge >= 0.3 is 5.97 Å². The lowest BCUT2D eigenvalue weighted by molar-refractivity contribution is -0.126. The van der Waals surface area contributed by atoms with Crippen molar-refractivity contribution in [2.45, 2.75) is 12.1 Å². The molecule has 0 radical (unpaired) electrons. The first-order chi connectivity index (χ1) is 16.4. The molecule has 3 aromatic carbocycles. The fourth-order valence-electron chi connectivity index (χ4n) is 4.39. The molecular weight excluding hydrogens is 479 g/mol. The monoisotopic (exact) mass is 496 g/mol. The molecule has 3 atom stereocenters. The van der Waals surface area contributed by atoms with E-state index in [1.807, 2.05) is 30.3 Å². The Hall–Kier alpha value is -3.39. The Kier molecular flexibility index (Phi) is 5.77. The van der Waals surface area contributed by atoms with E-state index in [9.17, 15) is 14.4 Å². The summed E-state index contributed by atoms with van der Waals surface area (Å²) in [6, 6.07) is 19.6. The highest BCUT2D eigenvalue weighted by Gasteiger charge is 2.60. The van der Waals surface area contributed by atoms with Crippen molar-refractivity contribution in [2.24, 2.45) is 5.92 Å². The summed E-state index contributed by atoms with van der Waals surface area (Å²) in [5.41, 5.74) is 1.95. The number of hydrogen-bond acceptors (Lipinski definition) is 6. The lowest BCUT2D eigenvalue weighted by atomic mass is 9.90. The van der Waals surface area contributed by atoms with Gasteiger partial charge in [-0.05, 0) is 54.1 Å². The van der Waals surface area contributed by atoms with Gasteiger partial charge in [0.2, 0.25) is 5.91 Å². The number of benzene rings is 3. The number of carbonyl (C=O) groups is 3. The van der Waals surface area contributed by atoms with E-state index in [1.165, 1.54) is 31.4 Å². The second-order valence-electron chi connectivity index (χ2n) is 7.87. The van der Waals surface area contributed by atoms with E-state index in [0.29, 0.717) is 32.5 Å². The van der Waals surface area contributed by atoms with Crippen LogP contribution in [0, 0.1) is 5.92 Å². The molecule has 2 amide bonds. The maximum atomic E-state index is 13.6. The molecule has 2 aliphatic rings. The van der Waals surface area contributed by atoms with Gasteiger partial charge in [0, 0.05) is 10.0 Å². The van der Waals surface area contributed by atoms with Crippen molar-refractivity contribution in [1.29, 1.82) is 0 Å². The molecule has 34 heavy (non-hydrogen) atoms. The molecule has 9 heteroatoms. The van der Waals surface area contributed by atoms with Crippen LogP contribution in [0.4, 0.5) is 11.4 Å². The standard InChI is InChI=1S/C25H18Cl2N2O5/c1-33-25(32)14-7-10-16(11-8-14)28-23(30)20-21(18-12-9-15(26)13-19(18)27)29(34-22(20)24(28)31)17-5-3-2-4-6-17/h2-13,20-22H,1H3/t20-,21-,22+/m0/s1. The molecule has 7 nitrogen and oxygen atoms in total. The van der Waals surface area contributed by atoms with Crippen molar-refractivity contribution in [3.05, 3.63) is 94.0 Å². The van der Waals surface area contributed by atoms with Gasteiger partial charge in [-0.3, -0.25) is 14.4 Å². The largest absolute Gasteiger partial charge is 0.465 e. The molecule has 0 aliphatic carbocycles. The third kappa shape index (κ3) is 3.62. The van der Waals surface area contributed by atoms with Gasteiger partial charge in [-0.15, -0.1) is 0 Å². The fraction of sp³-hybridized carbons (Fsp3) is 0.160. The zero-order valence-corrected chi connectivity index (χ0v) is 19.4. The minimum absolute atomic E-state index is 0.308. The molecule has 0 aromatic heterocycles. The van der Waals surface area contributed by atoms with E-state index in [4.69, 9.17) is 32.8 Å². The number of fused-ring (bicyclic) bond motifs is 1. The quantitative estimate of drug-likeness (QED) is 0.380. The van der Waals surface area contributed by atoms with Crippen LogP contribution in [0.25, 0.3) is 0 Å². The fourth-order valence-corrected chi connectivity index (χ4v) is 4.91. The SMILES string of the molecule is COC(=O)c1ccc(N2C(=O)[C@@H]3[C@@H](ON(c4ccccc4)[C@H]3c3ccc(Cl)cc3Cl)C2=O)cc1. The van der Waals surface area contributed by atoms with Crippen molar-refractivity contribution in [3.63, 3.8) is 0 Å². The lowest BCUT2D eigenvalue weighted by Crippen LogP contribution is -2.37. The zero-order valence-electron chi connectivity index (χ0n) is 17.9. The van der Waals surface area contributed by atoms with Crippen LogP contribution in [-0.2, 0) is 19.2 Å². The molecule has 3 aromatic rings. The van der Waals surface area contributed by atoms with Crippen LogP contribution in [0.5, 0.6) is 0 Å². The van der Waals surface area contributed by atoms with Gasteiger partial charge in [-0.1, -0.05) is 47.5 Å². The van der Waals surface area contributed by atoms with E-state index in [1.54, 1.807) is 23.3 Å². The van der Waals surface area contributed by atoms with Crippen LogP contribution in [0.2, 0.25) is 10.0 Å². The first-order valence-corrected chi connectivity index (χ1v) is 11.2. The van der Waals surface area contributed by atoms with Crippen LogP contribution in [0.15, 0.2) is 72.8 Å². The van der Waals surface area contributed by atoms with Gasteiger partial charge in [0.1, 0.15) is 5.92 Å². The Morgan fingerprint density at radius 1 is 0.912 bits per heavy atom. The minimum Gasteiger partial charge on any atom is -0.465 e. The number of para-hydroxylation sites is 1. The van der Waals surface area contributed by atoms with Gasteiger partial charge < -0.3 is 4.74 Å². The van der Waals surface area contributed by atoms with Crippen LogP contribution in [-0.4, -0.2) is 31.0 Å². The molecule has 0 saturated carbocycles. The van der Waals surface area contributed by atoms with E-state index < -0.39 is 35.8 Å². The summed E-state index contributed by atoms with van der Waals surface area (Å²) in [6.45, 7) is 0. The first kappa shape index (κ1) is 22.4. The molecule has 2 aliphatic heterocycles. The van der Waals surface area contributed by atoms with Gasteiger partial charge in [0.25, 0.3) is 5.91 Å². The average Bonchev–Trinajstić information content (AvgIpc) is 3.35. The van der Waals surface area contributed by atoms with Crippen LogP contribution >= 0.6 is 23.2 Å². The third-order valence-corrected chi connectivity index (χ3v) is 6.52. The maximum Gasteiger partial charge on any atom is 0.337 e. The van der Waals surface area contributed by atoms with Crippen LogP contribution in [0.3, 0.4) is 0 Å². The number of ether oxygens (including phenoxy) is 1. The van der Waals surface area contributed by atoms with E-state index in [-0.39, 0.29) is 0 Å². The maximum absolute atomic E-state index is 13.6. The molecule has 5 rings (SSSR count). The number of rotatable bonds is 4. The van der Waals surface area contributed by atoms with Crippen LogP contribution < -0.4 is 9.96 Å². The average molecular weight is 497 g/mol. The van der Waals surface area contributed by atoms with Crippen molar-refractivity contribution in [3.8, 4) is 0 Å².